The van der Waals surface area contributed by atoms with E-state index in [1.54, 1.807) is 0 Å². The van der Waals surface area contributed by atoms with Crippen LogP contribution >= 0.6 is 0 Å². The van der Waals surface area contributed by atoms with Crippen LogP contribution in [0.3, 0.4) is 0 Å². The number of nitrogens with one attached hydrogen (secondary N) is 1. The van der Waals surface area contributed by atoms with Crippen LogP contribution in [0.15, 0.2) is 18.2 Å². The summed E-state index contributed by atoms with van der Waals surface area (Å²) in [6.45, 7) is 2.18. The van der Waals surface area contributed by atoms with Crippen LogP contribution in [0.4, 0.5) is 11.4 Å². The normalized spacial score (nSPS) is 15.8. The lowest BCUT2D eigenvalue weighted by atomic mass is 9.95. The molecule has 1 saturated heterocycles. The van der Waals surface area contributed by atoms with Crippen LogP contribution < -0.4 is 5.32 Å². The lowest BCUT2D eigenvalue weighted by Crippen LogP contribution is -2.38. The van der Waals surface area contributed by atoms with Gasteiger partial charge in [-0.15, -0.1) is 0 Å². The largest absolute Gasteiger partial charge is 0.506 e. The fraction of sp³-hybridized carbons (Fsp3) is 0.467. The van der Waals surface area contributed by atoms with E-state index >= 15 is 0 Å². The van der Waals surface area contributed by atoms with Crippen molar-refractivity contribution in [3.05, 3.63) is 28.3 Å². The number of amides is 1. The average Bonchev–Trinajstić information content (AvgIpc) is 2.55. The Morgan fingerprint density at radius 3 is 2.78 bits per heavy atom. The van der Waals surface area contributed by atoms with Crippen LogP contribution in [-0.2, 0) is 4.79 Å². The summed E-state index contributed by atoms with van der Waals surface area (Å²) in [7, 11) is 0. The molecule has 1 aromatic carbocycles. The summed E-state index contributed by atoms with van der Waals surface area (Å²) in [5.74, 6) is -0.650. The number of rotatable bonds is 5. The van der Waals surface area contributed by atoms with Gasteiger partial charge in [0.1, 0.15) is 5.75 Å². The van der Waals surface area contributed by atoms with E-state index in [2.05, 4.69) is 16.3 Å². The third-order valence-electron chi connectivity index (χ3n) is 3.95. The van der Waals surface area contributed by atoms with Gasteiger partial charge in [-0.1, -0.05) is 0 Å². The molecule has 8 nitrogen and oxygen atoms in total. The number of nitriles is 1. The van der Waals surface area contributed by atoms with E-state index < -0.39 is 4.92 Å². The zero-order valence-corrected chi connectivity index (χ0v) is 12.6. The van der Waals surface area contributed by atoms with E-state index in [-0.39, 0.29) is 28.9 Å². The highest BCUT2D eigenvalue weighted by Gasteiger charge is 2.25. The number of nitro groups is 1. The molecule has 1 aromatic rings. The maximum atomic E-state index is 12.3. The van der Waals surface area contributed by atoms with Gasteiger partial charge in [0.2, 0.25) is 5.91 Å². The fourth-order valence-corrected chi connectivity index (χ4v) is 2.60. The number of piperidine rings is 1. The molecule has 1 heterocycles. The van der Waals surface area contributed by atoms with Crippen LogP contribution in [0, 0.1) is 27.4 Å². The number of carbonyl (C=O) groups excluding carboxylic acids is 1. The quantitative estimate of drug-likeness (QED) is 0.486. The van der Waals surface area contributed by atoms with E-state index in [1.807, 2.05) is 0 Å². The molecule has 2 N–H and O–H groups in total. The van der Waals surface area contributed by atoms with Crippen LogP contribution in [0.25, 0.3) is 0 Å². The van der Waals surface area contributed by atoms with Crippen molar-refractivity contribution in [3.63, 3.8) is 0 Å². The highest BCUT2D eigenvalue weighted by molar-refractivity contribution is 5.94. The van der Waals surface area contributed by atoms with Gasteiger partial charge in [0.25, 0.3) is 5.69 Å². The number of anilines is 1. The van der Waals surface area contributed by atoms with Crippen molar-refractivity contribution in [2.45, 2.75) is 19.3 Å². The number of nitrogens with zero attached hydrogens (tertiary/aromatic N) is 3. The monoisotopic (exact) mass is 318 g/mol. The molecule has 1 amide bonds. The summed E-state index contributed by atoms with van der Waals surface area (Å²) in [5, 5.41) is 31.6. The van der Waals surface area contributed by atoms with Gasteiger partial charge in [0, 0.05) is 31.0 Å². The van der Waals surface area contributed by atoms with Crippen LogP contribution in [0.5, 0.6) is 5.75 Å². The number of non-ortho nitro benzene ring substituents is 1. The van der Waals surface area contributed by atoms with E-state index in [0.717, 1.165) is 19.2 Å². The van der Waals surface area contributed by atoms with Crippen molar-refractivity contribution >= 4 is 17.3 Å². The Morgan fingerprint density at radius 1 is 1.48 bits per heavy atom. The number of likely N-dealkylation sites (tertiary alicyclic amines) is 1. The predicted molar refractivity (Wildman–Crippen MR) is 82.8 cm³/mol. The summed E-state index contributed by atoms with van der Waals surface area (Å²) < 4.78 is 0. The lowest BCUT2D eigenvalue weighted by molar-refractivity contribution is -0.384. The lowest BCUT2D eigenvalue weighted by Gasteiger charge is -2.30. The van der Waals surface area contributed by atoms with Gasteiger partial charge in [0.15, 0.2) is 0 Å². The molecular weight excluding hydrogens is 300 g/mol. The molecule has 0 saturated carbocycles. The number of phenolic OH excluding ortho intramolecular Hbond substituents is 1. The number of phenols is 1. The van der Waals surface area contributed by atoms with Crippen LogP contribution in [-0.4, -0.2) is 40.5 Å². The first-order valence-electron chi connectivity index (χ1n) is 7.39. The first-order valence-corrected chi connectivity index (χ1v) is 7.39. The van der Waals surface area contributed by atoms with Crippen molar-refractivity contribution in [3.8, 4) is 11.8 Å². The van der Waals surface area contributed by atoms with Gasteiger partial charge in [-0.25, -0.2) is 0 Å². The van der Waals surface area contributed by atoms with E-state index in [1.165, 1.54) is 12.1 Å². The third-order valence-corrected chi connectivity index (χ3v) is 3.95. The minimum atomic E-state index is -0.581. The molecule has 122 valence electrons. The molecule has 1 aliphatic rings. The van der Waals surface area contributed by atoms with Crippen molar-refractivity contribution in [2.75, 3.05) is 25.0 Å². The zero-order chi connectivity index (χ0) is 16.8. The Hall–Kier alpha value is -2.66. The van der Waals surface area contributed by atoms with Crippen LogP contribution in [0.1, 0.15) is 19.3 Å². The van der Waals surface area contributed by atoms with Crippen molar-refractivity contribution in [2.24, 2.45) is 5.92 Å². The summed E-state index contributed by atoms with van der Waals surface area (Å²) in [6.07, 6.45) is 1.79. The third kappa shape index (κ3) is 4.40. The van der Waals surface area contributed by atoms with Gasteiger partial charge in [0.05, 0.1) is 16.7 Å². The molecule has 0 spiro atoms. The molecule has 2 rings (SSSR count). The van der Waals surface area contributed by atoms with Gasteiger partial charge in [-0.05, 0) is 32.0 Å². The first-order chi connectivity index (χ1) is 11.0. The fourth-order valence-electron chi connectivity index (χ4n) is 2.60. The molecule has 0 atom stereocenters. The summed E-state index contributed by atoms with van der Waals surface area (Å²) in [6, 6.07) is 5.62. The standard InChI is InChI=1S/C15H18N4O4/c16-6-1-7-18-8-4-11(5-9-18)15(21)17-13-10-12(19(22)23)2-3-14(13)20/h2-3,10-11,20H,1,4-5,7-9H2,(H,17,21). The number of aromatic hydroxyl groups is 1. The Kier molecular flexibility index (Phi) is 5.49. The maximum Gasteiger partial charge on any atom is 0.271 e. The molecule has 0 radical (unpaired) electrons. The van der Waals surface area contributed by atoms with Crippen molar-refractivity contribution < 1.29 is 14.8 Å². The topological polar surface area (TPSA) is 120 Å². The molecule has 8 heteroatoms. The van der Waals surface area contributed by atoms with Gasteiger partial charge in [-0.2, -0.15) is 5.26 Å². The van der Waals surface area contributed by atoms with Crippen molar-refractivity contribution in [1.82, 2.24) is 4.90 Å². The summed E-state index contributed by atoms with van der Waals surface area (Å²) in [4.78, 5) is 24.6. The molecular formula is C15H18N4O4. The van der Waals surface area contributed by atoms with Gasteiger partial charge in [-0.3, -0.25) is 14.9 Å². The molecule has 23 heavy (non-hydrogen) atoms. The minimum absolute atomic E-state index is 0.0520. The SMILES string of the molecule is N#CCCN1CCC(C(=O)Nc2cc([N+](=O)[O-])ccc2O)CC1. The number of nitro benzene ring substituents is 1. The number of hydrogen-bond donors (Lipinski definition) is 2. The number of benzene rings is 1. The number of carbonyl (C=O) groups is 1. The van der Waals surface area contributed by atoms with Gasteiger partial charge < -0.3 is 15.3 Å². The molecule has 1 fully saturated rings. The minimum Gasteiger partial charge on any atom is -0.506 e. The van der Waals surface area contributed by atoms with Crippen molar-refractivity contribution in [1.29, 1.82) is 5.26 Å². The Bertz CT molecular complexity index is 633. The maximum absolute atomic E-state index is 12.3. The molecule has 1 aliphatic heterocycles. The molecule has 0 bridgehead atoms. The molecule has 0 unspecified atom stereocenters. The van der Waals surface area contributed by atoms with E-state index in [9.17, 15) is 20.0 Å². The van der Waals surface area contributed by atoms with E-state index in [0.29, 0.717) is 25.8 Å². The smallest absolute Gasteiger partial charge is 0.271 e. The van der Waals surface area contributed by atoms with Gasteiger partial charge >= 0.3 is 0 Å². The Labute approximate surface area is 133 Å². The second-order valence-corrected chi connectivity index (χ2v) is 5.47. The second kappa shape index (κ2) is 7.56. The molecule has 0 aromatic heterocycles. The van der Waals surface area contributed by atoms with Crippen LogP contribution in [0.2, 0.25) is 0 Å². The molecule has 0 aliphatic carbocycles. The second-order valence-electron chi connectivity index (χ2n) is 5.47. The highest BCUT2D eigenvalue weighted by atomic mass is 16.6. The average molecular weight is 318 g/mol. The Morgan fingerprint density at radius 2 is 2.17 bits per heavy atom. The number of hydrogen-bond acceptors (Lipinski definition) is 6. The summed E-state index contributed by atoms with van der Waals surface area (Å²) >= 11 is 0. The zero-order valence-electron chi connectivity index (χ0n) is 12.6. The predicted octanol–water partition coefficient (Wildman–Crippen LogP) is 1.86. The summed E-state index contributed by atoms with van der Waals surface area (Å²) in [5.41, 5.74) is -0.138. The van der Waals surface area contributed by atoms with E-state index in [4.69, 9.17) is 5.26 Å². The Balaban J connectivity index is 1.94. The first kappa shape index (κ1) is 16.7. The highest BCUT2D eigenvalue weighted by Crippen LogP contribution is 2.29.